The van der Waals surface area contributed by atoms with Crippen LogP contribution >= 0.6 is 11.3 Å². The molecule has 0 aliphatic heterocycles. The van der Waals surface area contributed by atoms with Crippen molar-refractivity contribution in [2.45, 2.75) is 12.8 Å². The number of hydrogen-bond acceptors (Lipinski definition) is 5. The van der Waals surface area contributed by atoms with E-state index < -0.39 is 0 Å². The Morgan fingerprint density at radius 2 is 2.04 bits per heavy atom. The first-order chi connectivity index (χ1) is 13.5. The number of amides is 1. The smallest absolute Gasteiger partial charge is 0.255 e. The predicted octanol–water partition coefficient (Wildman–Crippen LogP) is 2.71. The zero-order valence-electron chi connectivity index (χ0n) is 15.5. The molecule has 0 saturated heterocycles. The van der Waals surface area contributed by atoms with Crippen molar-refractivity contribution in [2.75, 3.05) is 6.54 Å². The Balaban J connectivity index is 1.48. The van der Waals surface area contributed by atoms with Crippen LogP contribution in [0.3, 0.4) is 0 Å². The molecule has 0 aliphatic rings. The lowest BCUT2D eigenvalue weighted by Gasteiger charge is -2.11. The normalized spacial score (nSPS) is 12.2. The highest BCUT2D eigenvalue weighted by molar-refractivity contribution is 7.18. The summed E-state index contributed by atoms with van der Waals surface area (Å²) in [6, 6.07) is 10.9. The third-order valence-electron chi connectivity index (χ3n) is 4.44. The van der Waals surface area contributed by atoms with Crippen molar-refractivity contribution in [3.8, 4) is 5.69 Å². The van der Waals surface area contributed by atoms with E-state index in [1.807, 2.05) is 31.2 Å². The van der Waals surface area contributed by atoms with E-state index in [4.69, 9.17) is 0 Å². The van der Waals surface area contributed by atoms with Crippen molar-refractivity contribution < 1.29 is 4.79 Å². The summed E-state index contributed by atoms with van der Waals surface area (Å²) in [5.41, 5.74) is 1.79. The summed E-state index contributed by atoms with van der Waals surface area (Å²) < 4.78 is 4.16. The summed E-state index contributed by atoms with van der Waals surface area (Å²) >= 11 is 1.64. The number of thiazole rings is 1. The van der Waals surface area contributed by atoms with Crippen LogP contribution in [0, 0.1) is 0 Å². The van der Waals surface area contributed by atoms with Crippen LogP contribution in [-0.4, -0.2) is 31.8 Å². The average molecular weight is 393 g/mol. The number of carbonyl (C=O) groups excluding carboxylic acids is 1. The Hall–Kier alpha value is -3.26. The molecule has 142 valence electrons. The van der Waals surface area contributed by atoms with E-state index in [1.165, 1.54) is 22.9 Å². The van der Waals surface area contributed by atoms with Crippen molar-refractivity contribution in [1.29, 1.82) is 0 Å². The molecule has 1 N–H and O–H groups in total. The molecule has 3 aromatic heterocycles. The molecule has 0 radical (unpaired) electrons. The van der Waals surface area contributed by atoms with Gasteiger partial charge in [0.15, 0.2) is 0 Å². The Bertz CT molecular complexity index is 1170. The second-order valence-corrected chi connectivity index (χ2v) is 7.69. The van der Waals surface area contributed by atoms with Crippen molar-refractivity contribution >= 4 is 27.5 Å². The number of nitrogens with one attached hydrogen (secondary N) is 1. The molecule has 0 saturated carbocycles. The van der Waals surface area contributed by atoms with Crippen LogP contribution < -0.4 is 10.9 Å². The number of benzene rings is 1. The maximum Gasteiger partial charge on any atom is 0.255 e. The Morgan fingerprint density at radius 1 is 1.21 bits per heavy atom. The van der Waals surface area contributed by atoms with Gasteiger partial charge in [0.1, 0.15) is 0 Å². The molecule has 1 unspecified atom stereocenters. The van der Waals surface area contributed by atoms with Crippen molar-refractivity contribution in [3.05, 3.63) is 75.9 Å². The second kappa shape index (κ2) is 7.40. The molecule has 1 amide bonds. The molecule has 1 atom stereocenters. The van der Waals surface area contributed by atoms with Crippen molar-refractivity contribution in [3.63, 3.8) is 0 Å². The Labute approximate surface area is 165 Å². The molecule has 0 spiro atoms. The Kier molecular flexibility index (Phi) is 4.79. The fourth-order valence-corrected chi connectivity index (χ4v) is 3.91. The number of hydrogen-bond donors (Lipinski definition) is 1. The quantitative estimate of drug-likeness (QED) is 0.565. The van der Waals surface area contributed by atoms with Gasteiger partial charge in [-0.25, -0.2) is 4.98 Å². The van der Waals surface area contributed by atoms with Crippen molar-refractivity contribution in [1.82, 2.24) is 24.6 Å². The zero-order chi connectivity index (χ0) is 19.7. The lowest BCUT2D eigenvalue weighted by Crippen LogP contribution is -2.29. The maximum atomic E-state index is 12.6. The van der Waals surface area contributed by atoms with Crippen LogP contribution in [0.25, 0.3) is 15.9 Å². The molecule has 0 fully saturated rings. The van der Waals surface area contributed by atoms with E-state index in [0.29, 0.717) is 17.8 Å². The molecule has 7 nitrogen and oxygen atoms in total. The van der Waals surface area contributed by atoms with Gasteiger partial charge >= 0.3 is 0 Å². The van der Waals surface area contributed by atoms with Crippen LogP contribution in [0.5, 0.6) is 0 Å². The summed E-state index contributed by atoms with van der Waals surface area (Å²) in [7, 11) is 1.77. The minimum atomic E-state index is -0.231. The first-order valence-electron chi connectivity index (χ1n) is 8.86. The Morgan fingerprint density at radius 3 is 2.79 bits per heavy atom. The van der Waals surface area contributed by atoms with Gasteiger partial charge in [-0.2, -0.15) is 5.10 Å². The van der Waals surface area contributed by atoms with Gasteiger partial charge in [-0.15, -0.1) is 11.3 Å². The maximum absolute atomic E-state index is 12.6. The number of aromatic nitrogens is 4. The van der Waals surface area contributed by atoms with Gasteiger partial charge in [0.2, 0.25) is 0 Å². The number of carbonyl (C=O) groups is 1. The van der Waals surface area contributed by atoms with Gasteiger partial charge in [0, 0.05) is 38.0 Å². The van der Waals surface area contributed by atoms with Gasteiger partial charge in [0.25, 0.3) is 11.5 Å². The number of para-hydroxylation sites is 1. The highest BCUT2D eigenvalue weighted by Crippen LogP contribution is 2.26. The first kappa shape index (κ1) is 18.1. The van der Waals surface area contributed by atoms with Gasteiger partial charge in [0.05, 0.1) is 32.7 Å². The second-order valence-electron chi connectivity index (χ2n) is 6.63. The van der Waals surface area contributed by atoms with Crippen LogP contribution in [0.15, 0.2) is 59.8 Å². The minimum absolute atomic E-state index is 0.0885. The topological polar surface area (TPSA) is 81.8 Å². The SMILES string of the molecule is CC(CNC(=O)c1ccc(=O)n(-c2cnn(C)c2)c1)c1nc2ccccc2s1. The number of fused-ring (bicyclic) bond motifs is 1. The molecule has 0 aliphatic carbocycles. The van der Waals surface area contributed by atoms with Gasteiger partial charge < -0.3 is 5.32 Å². The molecular weight excluding hydrogens is 374 g/mol. The monoisotopic (exact) mass is 393 g/mol. The highest BCUT2D eigenvalue weighted by atomic mass is 32.1. The molecule has 4 aromatic rings. The minimum Gasteiger partial charge on any atom is -0.351 e. The number of nitrogens with zero attached hydrogens (tertiary/aromatic N) is 4. The summed E-state index contributed by atoms with van der Waals surface area (Å²) in [5, 5.41) is 7.99. The van der Waals surface area contributed by atoms with E-state index in [0.717, 1.165) is 15.2 Å². The van der Waals surface area contributed by atoms with Crippen molar-refractivity contribution in [2.24, 2.45) is 7.05 Å². The molecular formula is C20H19N5O2S. The average Bonchev–Trinajstić information content (AvgIpc) is 3.32. The molecule has 4 rings (SSSR count). The largest absolute Gasteiger partial charge is 0.351 e. The number of aryl methyl sites for hydroxylation is 1. The third-order valence-corrected chi connectivity index (χ3v) is 5.71. The summed E-state index contributed by atoms with van der Waals surface area (Å²) in [5.74, 6) is -0.142. The molecule has 1 aromatic carbocycles. The lowest BCUT2D eigenvalue weighted by atomic mass is 10.2. The standard InChI is InChI=1S/C20H19N5O2S/c1-13(20-23-16-5-3-4-6-17(16)28-20)9-21-19(27)14-7-8-18(26)25(11-14)15-10-22-24(2)12-15/h3-8,10-13H,9H2,1-2H3,(H,21,27). The number of rotatable bonds is 5. The fraction of sp³-hybridized carbons (Fsp3) is 0.200. The van der Waals surface area contributed by atoms with Crippen LogP contribution in [0.2, 0.25) is 0 Å². The fourth-order valence-electron chi connectivity index (χ4n) is 2.89. The van der Waals surface area contributed by atoms with E-state index in [-0.39, 0.29) is 17.4 Å². The lowest BCUT2D eigenvalue weighted by molar-refractivity contribution is 0.0951. The van der Waals surface area contributed by atoms with Gasteiger partial charge in [-0.05, 0) is 18.2 Å². The van der Waals surface area contributed by atoms with Crippen LogP contribution in [0.4, 0.5) is 0 Å². The number of pyridine rings is 1. The summed E-state index contributed by atoms with van der Waals surface area (Å²) in [6.07, 6.45) is 4.84. The summed E-state index contributed by atoms with van der Waals surface area (Å²) in [4.78, 5) is 29.4. The van der Waals surface area contributed by atoms with E-state index >= 15 is 0 Å². The van der Waals surface area contributed by atoms with Crippen LogP contribution in [-0.2, 0) is 7.05 Å². The molecule has 8 heteroatoms. The van der Waals surface area contributed by atoms with Gasteiger partial charge in [-0.1, -0.05) is 19.1 Å². The summed E-state index contributed by atoms with van der Waals surface area (Å²) in [6.45, 7) is 2.50. The highest BCUT2D eigenvalue weighted by Gasteiger charge is 2.14. The molecule has 0 bridgehead atoms. The van der Waals surface area contributed by atoms with Gasteiger partial charge in [-0.3, -0.25) is 18.8 Å². The molecule has 3 heterocycles. The zero-order valence-corrected chi connectivity index (χ0v) is 16.3. The van der Waals surface area contributed by atoms with E-state index in [1.54, 1.807) is 35.5 Å². The van der Waals surface area contributed by atoms with E-state index in [9.17, 15) is 9.59 Å². The van der Waals surface area contributed by atoms with Crippen LogP contribution in [0.1, 0.15) is 28.2 Å². The predicted molar refractivity (Wildman–Crippen MR) is 109 cm³/mol. The molecule has 28 heavy (non-hydrogen) atoms. The van der Waals surface area contributed by atoms with E-state index in [2.05, 4.69) is 15.4 Å². The first-order valence-corrected chi connectivity index (χ1v) is 9.68. The third kappa shape index (κ3) is 3.59.